The molecule has 0 fully saturated rings. The van der Waals surface area contributed by atoms with E-state index in [1.54, 1.807) is 6.20 Å². The molecule has 0 radical (unpaired) electrons. The van der Waals surface area contributed by atoms with Crippen LogP contribution in [0.5, 0.6) is 5.88 Å². The topological polar surface area (TPSA) is 51.5 Å². The second kappa shape index (κ2) is 7.72. The second-order valence-electron chi connectivity index (χ2n) is 4.88. The van der Waals surface area contributed by atoms with Crippen molar-refractivity contribution in [3.8, 4) is 5.88 Å². The maximum atomic E-state index is 5.81. The number of hydrogen-bond acceptors (Lipinski definition) is 4. The zero-order chi connectivity index (χ0) is 14.2. The van der Waals surface area contributed by atoms with Gasteiger partial charge in [0.2, 0.25) is 5.65 Å². The highest BCUT2D eigenvalue weighted by atomic mass is 16.5. The molecule has 5 nitrogen and oxygen atoms in total. The van der Waals surface area contributed by atoms with Gasteiger partial charge in [0.15, 0.2) is 0 Å². The molecule has 1 N–H and O–H groups in total. The van der Waals surface area contributed by atoms with E-state index in [9.17, 15) is 0 Å². The Morgan fingerprint density at radius 3 is 2.85 bits per heavy atom. The molecule has 0 aromatic carbocycles. The summed E-state index contributed by atoms with van der Waals surface area (Å²) in [5.74, 6) is 1.43. The lowest BCUT2D eigenvalue weighted by Gasteiger charge is -2.09. The van der Waals surface area contributed by atoms with Crippen LogP contribution in [0.15, 0.2) is 18.6 Å². The standard InChI is InChI=1S/C15H24N4O/c1-3-5-6-7-8-11-20-15-14-17-9-10-19(14)12-13(18-15)16-4-2/h9-10,12,16H,3-8,11H2,1-2H3. The Hall–Kier alpha value is -1.78. The van der Waals surface area contributed by atoms with Crippen LogP contribution in [-0.2, 0) is 0 Å². The van der Waals surface area contributed by atoms with Gasteiger partial charge >= 0.3 is 0 Å². The van der Waals surface area contributed by atoms with Crippen molar-refractivity contribution in [1.29, 1.82) is 0 Å². The van der Waals surface area contributed by atoms with Crippen LogP contribution in [0.3, 0.4) is 0 Å². The number of imidazole rings is 1. The fourth-order valence-corrected chi connectivity index (χ4v) is 2.14. The quantitative estimate of drug-likeness (QED) is 0.712. The van der Waals surface area contributed by atoms with Gasteiger partial charge in [-0.05, 0) is 13.3 Å². The van der Waals surface area contributed by atoms with Crippen LogP contribution in [0.1, 0.15) is 46.0 Å². The van der Waals surface area contributed by atoms with E-state index >= 15 is 0 Å². The summed E-state index contributed by atoms with van der Waals surface area (Å²) in [5, 5.41) is 3.21. The van der Waals surface area contributed by atoms with E-state index < -0.39 is 0 Å². The Morgan fingerprint density at radius 1 is 1.20 bits per heavy atom. The van der Waals surface area contributed by atoms with Gasteiger partial charge in [-0.15, -0.1) is 0 Å². The predicted molar refractivity (Wildman–Crippen MR) is 81.4 cm³/mol. The van der Waals surface area contributed by atoms with Crippen LogP contribution < -0.4 is 10.1 Å². The predicted octanol–water partition coefficient (Wildman–Crippen LogP) is 3.51. The Labute approximate surface area is 120 Å². The molecule has 0 aliphatic heterocycles. The number of aromatic nitrogens is 3. The Bertz CT molecular complexity index is 524. The lowest BCUT2D eigenvalue weighted by atomic mass is 10.2. The molecule has 0 saturated heterocycles. The highest BCUT2D eigenvalue weighted by molar-refractivity contribution is 5.53. The van der Waals surface area contributed by atoms with E-state index in [0.29, 0.717) is 12.5 Å². The van der Waals surface area contributed by atoms with Crippen molar-refractivity contribution in [2.45, 2.75) is 46.0 Å². The first-order valence-electron chi connectivity index (χ1n) is 7.55. The van der Waals surface area contributed by atoms with Gasteiger partial charge in [0.1, 0.15) is 5.82 Å². The molecule has 0 saturated carbocycles. The molecular formula is C15H24N4O. The van der Waals surface area contributed by atoms with Crippen molar-refractivity contribution < 1.29 is 4.74 Å². The van der Waals surface area contributed by atoms with Crippen LogP contribution in [0, 0.1) is 0 Å². The van der Waals surface area contributed by atoms with Crippen molar-refractivity contribution in [1.82, 2.24) is 14.4 Å². The number of unbranched alkanes of at least 4 members (excludes halogenated alkanes) is 4. The van der Waals surface area contributed by atoms with E-state index in [1.807, 2.05) is 23.7 Å². The molecule has 5 heteroatoms. The second-order valence-corrected chi connectivity index (χ2v) is 4.88. The van der Waals surface area contributed by atoms with Crippen molar-refractivity contribution >= 4 is 11.5 Å². The zero-order valence-electron chi connectivity index (χ0n) is 12.4. The number of nitrogens with one attached hydrogen (secondary N) is 1. The van der Waals surface area contributed by atoms with Gasteiger partial charge in [-0.3, -0.25) is 4.40 Å². The fraction of sp³-hybridized carbons (Fsp3) is 0.600. The lowest BCUT2D eigenvalue weighted by molar-refractivity contribution is 0.295. The first-order chi connectivity index (χ1) is 9.85. The molecule has 0 aliphatic carbocycles. The summed E-state index contributed by atoms with van der Waals surface area (Å²) in [6, 6.07) is 0. The van der Waals surface area contributed by atoms with Gasteiger partial charge in [-0.25, -0.2) is 4.98 Å². The minimum Gasteiger partial charge on any atom is -0.475 e. The molecule has 0 aliphatic rings. The summed E-state index contributed by atoms with van der Waals surface area (Å²) in [6.07, 6.45) is 11.7. The summed E-state index contributed by atoms with van der Waals surface area (Å²) in [4.78, 5) is 8.78. The van der Waals surface area contributed by atoms with E-state index in [0.717, 1.165) is 24.4 Å². The Balaban J connectivity index is 1.95. The monoisotopic (exact) mass is 276 g/mol. The number of nitrogens with zero attached hydrogens (tertiary/aromatic N) is 3. The smallest absolute Gasteiger partial charge is 0.260 e. The van der Waals surface area contributed by atoms with Gasteiger partial charge in [-0.2, -0.15) is 4.98 Å². The van der Waals surface area contributed by atoms with Crippen molar-refractivity contribution in [2.75, 3.05) is 18.5 Å². The average Bonchev–Trinajstić information content (AvgIpc) is 2.91. The van der Waals surface area contributed by atoms with Gasteiger partial charge in [-0.1, -0.05) is 32.6 Å². The SMILES string of the molecule is CCCCCCCOc1nc(NCC)cn2ccnc12. The summed E-state index contributed by atoms with van der Waals surface area (Å²) < 4.78 is 7.75. The van der Waals surface area contributed by atoms with Gasteiger partial charge in [0, 0.05) is 18.9 Å². The molecule has 0 bridgehead atoms. The molecule has 0 unspecified atom stereocenters. The largest absolute Gasteiger partial charge is 0.475 e. The number of hydrogen-bond donors (Lipinski definition) is 1. The van der Waals surface area contributed by atoms with E-state index in [4.69, 9.17) is 4.74 Å². The minimum absolute atomic E-state index is 0.615. The third-order valence-electron chi connectivity index (χ3n) is 3.19. The summed E-state index contributed by atoms with van der Waals surface area (Å²) in [6.45, 7) is 5.81. The summed E-state index contributed by atoms with van der Waals surface area (Å²) in [5.41, 5.74) is 0.778. The molecule has 2 aromatic heterocycles. The third kappa shape index (κ3) is 3.85. The van der Waals surface area contributed by atoms with Gasteiger partial charge < -0.3 is 10.1 Å². The van der Waals surface area contributed by atoms with Gasteiger partial charge in [0.25, 0.3) is 5.88 Å². The van der Waals surface area contributed by atoms with E-state index in [2.05, 4.69) is 22.2 Å². The molecule has 20 heavy (non-hydrogen) atoms. The van der Waals surface area contributed by atoms with Crippen molar-refractivity contribution in [2.24, 2.45) is 0 Å². The number of rotatable bonds is 9. The number of fused-ring (bicyclic) bond motifs is 1. The fourth-order valence-electron chi connectivity index (χ4n) is 2.14. The maximum absolute atomic E-state index is 5.81. The average molecular weight is 276 g/mol. The number of ether oxygens (including phenoxy) is 1. The first kappa shape index (κ1) is 14.6. The lowest BCUT2D eigenvalue weighted by Crippen LogP contribution is -2.06. The van der Waals surface area contributed by atoms with Crippen LogP contribution in [0.4, 0.5) is 5.82 Å². The normalized spacial score (nSPS) is 10.9. The van der Waals surface area contributed by atoms with E-state index in [1.165, 1.54) is 25.7 Å². The van der Waals surface area contributed by atoms with Crippen LogP contribution >= 0.6 is 0 Å². The molecule has 2 heterocycles. The molecule has 0 spiro atoms. The molecule has 110 valence electrons. The number of anilines is 1. The van der Waals surface area contributed by atoms with Crippen molar-refractivity contribution in [3.05, 3.63) is 18.6 Å². The first-order valence-corrected chi connectivity index (χ1v) is 7.55. The molecular weight excluding hydrogens is 252 g/mol. The summed E-state index contributed by atoms with van der Waals surface area (Å²) >= 11 is 0. The molecule has 2 aromatic rings. The van der Waals surface area contributed by atoms with Gasteiger partial charge in [0.05, 0.1) is 12.8 Å². The highest BCUT2D eigenvalue weighted by Gasteiger charge is 2.08. The molecule has 2 rings (SSSR count). The highest BCUT2D eigenvalue weighted by Crippen LogP contribution is 2.19. The Kier molecular flexibility index (Phi) is 5.65. The van der Waals surface area contributed by atoms with Crippen molar-refractivity contribution in [3.63, 3.8) is 0 Å². The zero-order valence-corrected chi connectivity index (χ0v) is 12.4. The third-order valence-corrected chi connectivity index (χ3v) is 3.19. The van der Waals surface area contributed by atoms with Crippen LogP contribution in [0.2, 0.25) is 0 Å². The minimum atomic E-state index is 0.615. The van der Waals surface area contributed by atoms with Crippen LogP contribution in [-0.4, -0.2) is 27.5 Å². The summed E-state index contributed by atoms with van der Waals surface area (Å²) in [7, 11) is 0. The molecule has 0 atom stereocenters. The Morgan fingerprint density at radius 2 is 2.05 bits per heavy atom. The van der Waals surface area contributed by atoms with E-state index in [-0.39, 0.29) is 0 Å². The molecule has 0 amide bonds. The van der Waals surface area contributed by atoms with Crippen LogP contribution in [0.25, 0.3) is 5.65 Å². The maximum Gasteiger partial charge on any atom is 0.260 e.